The molecule has 1 heterocycles. The summed E-state index contributed by atoms with van der Waals surface area (Å²) < 4.78 is 0. The summed E-state index contributed by atoms with van der Waals surface area (Å²) in [6, 6.07) is 4.58. The van der Waals surface area contributed by atoms with Gasteiger partial charge in [-0.15, -0.1) is 0 Å². The van der Waals surface area contributed by atoms with E-state index in [1.807, 2.05) is 0 Å². The van der Waals surface area contributed by atoms with Crippen LogP contribution in [0.5, 0.6) is 5.75 Å². The molecule has 0 bridgehead atoms. The van der Waals surface area contributed by atoms with Gasteiger partial charge in [0.15, 0.2) is 0 Å². The van der Waals surface area contributed by atoms with Crippen LogP contribution in [0.15, 0.2) is 23.2 Å². The molecule has 2 atom stereocenters. The van der Waals surface area contributed by atoms with Crippen molar-refractivity contribution in [2.24, 2.45) is 10.9 Å². The van der Waals surface area contributed by atoms with E-state index in [0.29, 0.717) is 5.69 Å². The lowest BCUT2D eigenvalue weighted by atomic mass is 9.92. The number of rotatable bonds is 1. The molecule has 0 fully saturated rings. The number of aliphatic hydroxyl groups is 1. The van der Waals surface area contributed by atoms with E-state index in [1.54, 1.807) is 12.1 Å². The van der Waals surface area contributed by atoms with Gasteiger partial charge in [-0.3, -0.25) is 9.79 Å². The van der Waals surface area contributed by atoms with Crippen LogP contribution < -0.4 is 0 Å². The molecule has 78 valence electrons. The minimum absolute atomic E-state index is 0.136. The van der Waals surface area contributed by atoms with Crippen LogP contribution in [0.4, 0.5) is 5.69 Å². The molecule has 15 heavy (non-hydrogen) atoms. The monoisotopic (exact) mass is 207 g/mol. The van der Waals surface area contributed by atoms with E-state index in [2.05, 4.69) is 4.99 Å². The van der Waals surface area contributed by atoms with Crippen molar-refractivity contribution < 1.29 is 20.1 Å². The van der Waals surface area contributed by atoms with Gasteiger partial charge in [0.05, 0.1) is 5.69 Å². The SMILES string of the molecule is O=C(O)C1C=Nc2cccc(O)c2C1O. The maximum absolute atomic E-state index is 10.8. The van der Waals surface area contributed by atoms with Gasteiger partial charge in [-0.25, -0.2) is 0 Å². The van der Waals surface area contributed by atoms with Gasteiger partial charge in [0.25, 0.3) is 0 Å². The molecule has 0 amide bonds. The number of aliphatic carboxylic acids is 1. The van der Waals surface area contributed by atoms with Crippen molar-refractivity contribution in [2.75, 3.05) is 0 Å². The highest BCUT2D eigenvalue weighted by molar-refractivity contribution is 5.92. The van der Waals surface area contributed by atoms with E-state index in [9.17, 15) is 15.0 Å². The third-order valence-electron chi connectivity index (χ3n) is 2.36. The highest BCUT2D eigenvalue weighted by Crippen LogP contribution is 2.39. The van der Waals surface area contributed by atoms with Crippen LogP contribution in [-0.2, 0) is 4.79 Å². The van der Waals surface area contributed by atoms with Crippen molar-refractivity contribution in [2.45, 2.75) is 6.10 Å². The van der Waals surface area contributed by atoms with Crippen molar-refractivity contribution in [3.8, 4) is 5.75 Å². The Balaban J connectivity index is 2.52. The zero-order valence-corrected chi connectivity index (χ0v) is 7.66. The van der Waals surface area contributed by atoms with E-state index in [4.69, 9.17) is 5.11 Å². The maximum atomic E-state index is 10.8. The standard InChI is InChI=1S/C10H9NO4/c12-7-3-1-2-6-8(7)9(13)5(4-11-6)10(14)15/h1-5,9,12-13H,(H,14,15). The summed E-state index contributed by atoms with van der Waals surface area (Å²) in [6.07, 6.45) is -0.0781. The molecule has 0 saturated carbocycles. The number of hydrogen-bond acceptors (Lipinski definition) is 4. The van der Waals surface area contributed by atoms with Crippen LogP contribution in [0.25, 0.3) is 0 Å². The lowest BCUT2D eigenvalue weighted by Gasteiger charge is -2.22. The maximum Gasteiger partial charge on any atom is 0.314 e. The van der Waals surface area contributed by atoms with E-state index >= 15 is 0 Å². The molecule has 0 saturated heterocycles. The second kappa shape index (κ2) is 3.36. The predicted molar refractivity (Wildman–Crippen MR) is 52.3 cm³/mol. The van der Waals surface area contributed by atoms with Crippen LogP contribution in [-0.4, -0.2) is 27.5 Å². The average molecular weight is 207 g/mol. The molecule has 0 aromatic heterocycles. The average Bonchev–Trinajstić information content (AvgIpc) is 2.17. The Morgan fingerprint density at radius 3 is 2.80 bits per heavy atom. The Morgan fingerprint density at radius 2 is 2.13 bits per heavy atom. The number of nitrogens with zero attached hydrogens (tertiary/aromatic N) is 1. The molecular weight excluding hydrogens is 198 g/mol. The van der Waals surface area contributed by atoms with Gasteiger partial charge in [0, 0.05) is 11.8 Å². The van der Waals surface area contributed by atoms with E-state index in [1.165, 1.54) is 12.3 Å². The summed E-state index contributed by atoms with van der Waals surface area (Å²) in [6.45, 7) is 0. The number of phenols is 1. The molecule has 5 nitrogen and oxygen atoms in total. The lowest BCUT2D eigenvalue weighted by Crippen LogP contribution is -2.25. The Morgan fingerprint density at radius 1 is 1.40 bits per heavy atom. The molecule has 2 unspecified atom stereocenters. The molecule has 0 aliphatic carbocycles. The third-order valence-corrected chi connectivity index (χ3v) is 2.36. The highest BCUT2D eigenvalue weighted by Gasteiger charge is 2.32. The summed E-state index contributed by atoms with van der Waals surface area (Å²) in [7, 11) is 0. The normalized spacial score (nSPS) is 23.5. The second-order valence-electron chi connectivity index (χ2n) is 3.30. The van der Waals surface area contributed by atoms with E-state index in [0.717, 1.165) is 0 Å². The summed E-state index contributed by atoms with van der Waals surface area (Å²) in [5, 5.41) is 28.0. The summed E-state index contributed by atoms with van der Waals surface area (Å²) in [4.78, 5) is 14.6. The van der Waals surface area contributed by atoms with Gasteiger partial charge in [-0.2, -0.15) is 0 Å². The van der Waals surface area contributed by atoms with E-state index < -0.39 is 18.0 Å². The number of hydrogen-bond donors (Lipinski definition) is 3. The zero-order valence-electron chi connectivity index (χ0n) is 7.66. The first-order valence-electron chi connectivity index (χ1n) is 4.38. The Bertz CT molecular complexity index is 441. The molecule has 1 aliphatic heterocycles. The molecule has 1 aliphatic rings. The number of benzene rings is 1. The Labute approximate surface area is 85.3 Å². The molecular formula is C10H9NO4. The van der Waals surface area contributed by atoms with Crippen LogP contribution in [0, 0.1) is 5.92 Å². The van der Waals surface area contributed by atoms with Crippen LogP contribution in [0.3, 0.4) is 0 Å². The van der Waals surface area contributed by atoms with Crippen LogP contribution in [0.1, 0.15) is 11.7 Å². The lowest BCUT2D eigenvalue weighted by molar-refractivity contribution is -0.142. The fourth-order valence-corrected chi connectivity index (χ4v) is 1.58. The van der Waals surface area contributed by atoms with Gasteiger partial charge in [-0.05, 0) is 12.1 Å². The van der Waals surface area contributed by atoms with Gasteiger partial charge in [0.2, 0.25) is 0 Å². The molecule has 0 radical (unpaired) electrons. The van der Waals surface area contributed by atoms with Gasteiger partial charge >= 0.3 is 5.97 Å². The largest absolute Gasteiger partial charge is 0.507 e. The minimum atomic E-state index is -1.25. The number of fused-ring (bicyclic) bond motifs is 1. The Hall–Kier alpha value is -1.88. The number of carboxylic acids is 1. The molecule has 2 rings (SSSR count). The topological polar surface area (TPSA) is 90.1 Å². The highest BCUT2D eigenvalue weighted by atomic mass is 16.4. The summed E-state index contributed by atoms with van der Waals surface area (Å²) >= 11 is 0. The number of aromatic hydroxyl groups is 1. The third kappa shape index (κ3) is 1.46. The molecule has 3 N–H and O–H groups in total. The number of phenolic OH excluding ortho intramolecular Hbond substituents is 1. The number of aliphatic imine (C=N–C) groups is 1. The predicted octanol–water partition coefficient (Wildman–Crippen LogP) is 0.842. The smallest absolute Gasteiger partial charge is 0.314 e. The number of aliphatic hydroxyl groups excluding tert-OH is 1. The molecule has 5 heteroatoms. The summed E-state index contributed by atoms with van der Waals surface area (Å²) in [5.74, 6) is -2.41. The molecule has 1 aromatic carbocycles. The number of carbonyl (C=O) groups is 1. The van der Waals surface area contributed by atoms with Crippen molar-refractivity contribution in [1.29, 1.82) is 0 Å². The van der Waals surface area contributed by atoms with Crippen molar-refractivity contribution in [3.05, 3.63) is 23.8 Å². The minimum Gasteiger partial charge on any atom is -0.507 e. The van der Waals surface area contributed by atoms with Crippen molar-refractivity contribution >= 4 is 17.9 Å². The molecule has 1 aromatic rings. The van der Waals surface area contributed by atoms with Crippen molar-refractivity contribution in [1.82, 2.24) is 0 Å². The first-order chi connectivity index (χ1) is 7.11. The fraction of sp³-hybridized carbons (Fsp3) is 0.200. The summed E-state index contributed by atoms with van der Waals surface area (Å²) in [5.41, 5.74) is 0.576. The van der Waals surface area contributed by atoms with Gasteiger partial charge in [-0.1, -0.05) is 6.07 Å². The van der Waals surface area contributed by atoms with Crippen LogP contribution >= 0.6 is 0 Å². The molecule has 0 spiro atoms. The Kier molecular flexibility index (Phi) is 2.17. The van der Waals surface area contributed by atoms with Gasteiger partial charge < -0.3 is 15.3 Å². The van der Waals surface area contributed by atoms with Crippen molar-refractivity contribution in [3.63, 3.8) is 0 Å². The quantitative estimate of drug-likeness (QED) is 0.636. The van der Waals surface area contributed by atoms with Crippen LogP contribution in [0.2, 0.25) is 0 Å². The fourth-order valence-electron chi connectivity index (χ4n) is 1.58. The first-order valence-corrected chi connectivity index (χ1v) is 4.38. The van der Waals surface area contributed by atoms with Gasteiger partial charge in [0.1, 0.15) is 17.8 Å². The first kappa shape index (κ1) is 9.67. The zero-order chi connectivity index (χ0) is 11.0. The van der Waals surface area contributed by atoms with E-state index in [-0.39, 0.29) is 11.3 Å². The second-order valence-corrected chi connectivity index (χ2v) is 3.30. The number of carboxylic acid groups (broad SMARTS) is 1.